The lowest BCUT2D eigenvalue weighted by Crippen LogP contribution is -1.78. The van der Waals surface area contributed by atoms with Crippen LogP contribution in [0, 0.1) is 12.3 Å². The standard InChI is InChI=1S/C6H11N.C3H4/c1-3-4-6(2)5-7;1-3-2/h3-5H,7H2,1-2H3;1H,2H3/b4-3-,6-5-;. The minimum Gasteiger partial charge on any atom is -0.404 e. The molecule has 0 heterocycles. The summed E-state index contributed by atoms with van der Waals surface area (Å²) in [6, 6.07) is 0. The quantitative estimate of drug-likeness (QED) is 0.434. The average Bonchev–Trinajstić information content (AvgIpc) is 1.90. The molecule has 0 atom stereocenters. The van der Waals surface area contributed by atoms with E-state index >= 15 is 0 Å². The number of hydrogen-bond acceptors (Lipinski definition) is 1. The van der Waals surface area contributed by atoms with E-state index in [1.54, 1.807) is 13.1 Å². The maximum absolute atomic E-state index is 5.14. The van der Waals surface area contributed by atoms with E-state index in [9.17, 15) is 0 Å². The van der Waals surface area contributed by atoms with Gasteiger partial charge < -0.3 is 5.73 Å². The van der Waals surface area contributed by atoms with E-state index < -0.39 is 0 Å². The number of hydrogen-bond donors (Lipinski definition) is 1. The van der Waals surface area contributed by atoms with Gasteiger partial charge in [0.15, 0.2) is 0 Å². The van der Waals surface area contributed by atoms with Crippen molar-refractivity contribution < 1.29 is 0 Å². The molecule has 0 amide bonds. The van der Waals surface area contributed by atoms with Gasteiger partial charge in [-0.1, -0.05) is 12.2 Å². The molecule has 1 heteroatoms. The highest BCUT2D eigenvalue weighted by Gasteiger charge is 1.70. The van der Waals surface area contributed by atoms with E-state index in [4.69, 9.17) is 5.73 Å². The largest absolute Gasteiger partial charge is 0.404 e. The van der Waals surface area contributed by atoms with Crippen molar-refractivity contribution in [3.8, 4) is 12.3 Å². The Hall–Kier alpha value is -1.16. The summed E-state index contributed by atoms with van der Waals surface area (Å²) in [5, 5.41) is 0. The second-order valence-corrected chi connectivity index (χ2v) is 1.70. The van der Waals surface area contributed by atoms with Crippen molar-refractivity contribution in [1.82, 2.24) is 0 Å². The highest BCUT2D eigenvalue weighted by atomic mass is 14.5. The zero-order valence-corrected chi connectivity index (χ0v) is 6.89. The van der Waals surface area contributed by atoms with Crippen molar-refractivity contribution in [2.75, 3.05) is 0 Å². The van der Waals surface area contributed by atoms with Gasteiger partial charge in [-0.15, -0.1) is 12.3 Å². The summed E-state index contributed by atoms with van der Waals surface area (Å²) in [5.41, 5.74) is 6.24. The maximum Gasteiger partial charge on any atom is -0.00297 e. The normalized spacial score (nSPS) is 10.0. The van der Waals surface area contributed by atoms with Gasteiger partial charge in [0.2, 0.25) is 0 Å². The van der Waals surface area contributed by atoms with Crippen LogP contribution in [0.15, 0.2) is 23.9 Å². The lowest BCUT2D eigenvalue weighted by Gasteiger charge is -1.81. The van der Waals surface area contributed by atoms with E-state index in [1.807, 2.05) is 26.0 Å². The minimum atomic E-state index is 1.10. The topological polar surface area (TPSA) is 26.0 Å². The summed E-state index contributed by atoms with van der Waals surface area (Å²) < 4.78 is 0. The predicted molar refractivity (Wildman–Crippen MR) is 47.3 cm³/mol. The Morgan fingerprint density at radius 2 is 2.00 bits per heavy atom. The van der Waals surface area contributed by atoms with Gasteiger partial charge in [-0.3, -0.25) is 0 Å². The first-order valence-electron chi connectivity index (χ1n) is 3.11. The lowest BCUT2D eigenvalue weighted by atomic mass is 10.3. The maximum atomic E-state index is 5.14. The highest BCUT2D eigenvalue weighted by molar-refractivity contribution is 5.13. The SMILES string of the molecule is C#CC.C/C=C\C(C)=C/N. The van der Waals surface area contributed by atoms with E-state index in [0.29, 0.717) is 0 Å². The van der Waals surface area contributed by atoms with Gasteiger partial charge in [-0.2, -0.15) is 0 Å². The monoisotopic (exact) mass is 137 g/mol. The molecule has 0 aromatic carbocycles. The molecule has 1 nitrogen and oxygen atoms in total. The van der Waals surface area contributed by atoms with Crippen molar-refractivity contribution in [3.63, 3.8) is 0 Å². The fourth-order valence-corrected chi connectivity index (χ4v) is 0.318. The number of allylic oxidation sites excluding steroid dienone is 3. The second-order valence-electron chi connectivity index (χ2n) is 1.70. The molecule has 0 bridgehead atoms. The summed E-state index contributed by atoms with van der Waals surface area (Å²) >= 11 is 0. The van der Waals surface area contributed by atoms with Crippen LogP contribution in [0.5, 0.6) is 0 Å². The summed E-state index contributed by atoms with van der Waals surface area (Å²) in [4.78, 5) is 0. The molecular formula is C9H15N. The molecule has 0 aromatic heterocycles. The van der Waals surface area contributed by atoms with Crippen LogP contribution in [0.4, 0.5) is 0 Å². The molecule has 10 heavy (non-hydrogen) atoms. The summed E-state index contributed by atoms with van der Waals surface area (Å²) in [5.74, 6) is 2.25. The van der Waals surface area contributed by atoms with Crippen molar-refractivity contribution in [1.29, 1.82) is 0 Å². The van der Waals surface area contributed by atoms with Crippen LogP contribution >= 0.6 is 0 Å². The zero-order chi connectivity index (χ0) is 8.41. The Balaban J connectivity index is 0. The van der Waals surface area contributed by atoms with E-state index in [2.05, 4.69) is 12.3 Å². The smallest absolute Gasteiger partial charge is 0.00297 e. The Morgan fingerprint density at radius 1 is 1.60 bits per heavy atom. The van der Waals surface area contributed by atoms with Gasteiger partial charge in [0.05, 0.1) is 0 Å². The van der Waals surface area contributed by atoms with Gasteiger partial charge in [0.1, 0.15) is 0 Å². The van der Waals surface area contributed by atoms with E-state index in [-0.39, 0.29) is 0 Å². The molecule has 0 spiro atoms. The third-order valence-corrected chi connectivity index (χ3v) is 0.692. The molecule has 2 N–H and O–H groups in total. The van der Waals surface area contributed by atoms with Crippen LogP contribution in [-0.2, 0) is 0 Å². The molecule has 0 aliphatic heterocycles. The van der Waals surface area contributed by atoms with Gasteiger partial charge >= 0.3 is 0 Å². The highest BCUT2D eigenvalue weighted by Crippen LogP contribution is 1.88. The fourth-order valence-electron chi connectivity index (χ4n) is 0.318. The molecule has 0 saturated carbocycles. The van der Waals surface area contributed by atoms with Crippen LogP contribution in [-0.4, -0.2) is 0 Å². The molecule has 56 valence electrons. The summed E-state index contributed by atoms with van der Waals surface area (Å²) in [6.07, 6.45) is 10.1. The molecule has 0 unspecified atom stereocenters. The molecule has 0 aromatic rings. The number of rotatable bonds is 1. The first-order chi connectivity index (χ1) is 4.72. The predicted octanol–water partition coefficient (Wildman–Crippen LogP) is 2.06. The molecule has 0 aliphatic carbocycles. The second kappa shape index (κ2) is 10.8. The zero-order valence-electron chi connectivity index (χ0n) is 6.89. The summed E-state index contributed by atoms with van der Waals surface area (Å²) in [6.45, 7) is 5.58. The Bertz CT molecular complexity index is 147. The number of nitrogens with two attached hydrogens (primary N) is 1. The molecule has 0 rings (SSSR count). The summed E-state index contributed by atoms with van der Waals surface area (Å²) in [7, 11) is 0. The van der Waals surface area contributed by atoms with Gasteiger partial charge in [0.25, 0.3) is 0 Å². The van der Waals surface area contributed by atoms with E-state index in [0.717, 1.165) is 5.57 Å². The van der Waals surface area contributed by atoms with Crippen LogP contribution in [0.2, 0.25) is 0 Å². The van der Waals surface area contributed by atoms with Crippen molar-refractivity contribution in [3.05, 3.63) is 23.9 Å². The van der Waals surface area contributed by atoms with Crippen LogP contribution < -0.4 is 5.73 Å². The third-order valence-electron chi connectivity index (χ3n) is 0.692. The van der Waals surface area contributed by atoms with Crippen molar-refractivity contribution in [2.45, 2.75) is 20.8 Å². The Labute approximate surface area is 63.6 Å². The van der Waals surface area contributed by atoms with Crippen molar-refractivity contribution in [2.24, 2.45) is 5.73 Å². The van der Waals surface area contributed by atoms with Crippen LogP contribution in [0.1, 0.15) is 20.8 Å². The molecule has 0 saturated heterocycles. The average molecular weight is 137 g/mol. The van der Waals surface area contributed by atoms with Crippen LogP contribution in [0.3, 0.4) is 0 Å². The Morgan fingerprint density at radius 3 is 2.10 bits per heavy atom. The molecule has 0 aliphatic rings. The molecule has 0 fully saturated rings. The van der Waals surface area contributed by atoms with Gasteiger partial charge in [-0.05, 0) is 32.5 Å². The molecule has 0 radical (unpaired) electrons. The van der Waals surface area contributed by atoms with E-state index in [1.165, 1.54) is 0 Å². The lowest BCUT2D eigenvalue weighted by molar-refractivity contribution is 1.43. The third kappa shape index (κ3) is 15.8. The van der Waals surface area contributed by atoms with Gasteiger partial charge in [0, 0.05) is 0 Å². The number of terminal acetylenes is 1. The Kier molecular flexibility index (Phi) is 12.5. The van der Waals surface area contributed by atoms with Crippen LogP contribution in [0.25, 0.3) is 0 Å². The first-order valence-corrected chi connectivity index (χ1v) is 3.11. The first kappa shape index (κ1) is 11.6. The minimum absolute atomic E-state index is 1.10. The fraction of sp³-hybridized carbons (Fsp3) is 0.333. The van der Waals surface area contributed by atoms with Crippen molar-refractivity contribution >= 4 is 0 Å². The molecular weight excluding hydrogens is 122 g/mol. The van der Waals surface area contributed by atoms with Gasteiger partial charge in [-0.25, -0.2) is 0 Å².